The molecule has 1 heterocycles. The van der Waals surface area contributed by atoms with Gasteiger partial charge in [0.2, 0.25) is 5.91 Å². The van der Waals surface area contributed by atoms with Crippen molar-refractivity contribution in [2.45, 2.75) is 12.8 Å². The molecule has 0 atom stereocenters. The number of hydrogen-bond acceptors (Lipinski definition) is 5. The molecule has 0 aromatic carbocycles. The Kier molecular flexibility index (Phi) is 4.30. The number of amides is 2. The molecule has 0 spiro atoms. The van der Waals surface area contributed by atoms with Crippen molar-refractivity contribution in [3.63, 3.8) is 0 Å². The van der Waals surface area contributed by atoms with E-state index in [1.165, 1.54) is 12.4 Å². The van der Waals surface area contributed by atoms with E-state index >= 15 is 0 Å². The minimum atomic E-state index is -0.254. The highest BCUT2D eigenvalue weighted by molar-refractivity contribution is 5.99. The van der Waals surface area contributed by atoms with E-state index in [1.807, 2.05) is 0 Å². The predicted molar refractivity (Wildman–Crippen MR) is 70.1 cm³/mol. The zero-order chi connectivity index (χ0) is 13.7. The first-order valence-electron chi connectivity index (χ1n) is 6.19. The van der Waals surface area contributed by atoms with Crippen LogP contribution in [-0.4, -0.2) is 29.9 Å². The van der Waals surface area contributed by atoms with E-state index in [9.17, 15) is 9.59 Å². The lowest BCUT2D eigenvalue weighted by Gasteiger charge is -2.09. The molecule has 1 fully saturated rings. The average Bonchev–Trinajstić information content (AvgIpc) is 3.27. The Morgan fingerprint density at radius 1 is 1.32 bits per heavy atom. The fourth-order valence-corrected chi connectivity index (χ4v) is 1.65. The highest BCUT2D eigenvalue weighted by Gasteiger charge is 2.28. The van der Waals surface area contributed by atoms with Gasteiger partial charge in [0.15, 0.2) is 0 Å². The zero-order valence-corrected chi connectivity index (χ0v) is 10.5. The van der Waals surface area contributed by atoms with E-state index < -0.39 is 0 Å². The van der Waals surface area contributed by atoms with Crippen LogP contribution in [0.2, 0.25) is 0 Å². The molecule has 1 aliphatic carbocycles. The Morgan fingerprint density at radius 2 is 2.05 bits per heavy atom. The molecule has 0 unspecified atom stereocenters. The third-order valence-electron chi connectivity index (χ3n) is 2.88. The van der Waals surface area contributed by atoms with Crippen molar-refractivity contribution in [2.75, 3.05) is 18.5 Å². The smallest absolute Gasteiger partial charge is 0.253 e. The number of anilines is 1. The van der Waals surface area contributed by atoms with Gasteiger partial charge in [0, 0.05) is 25.2 Å². The molecular formula is C12H17N5O2. The minimum absolute atomic E-state index is 0.0717. The average molecular weight is 263 g/mol. The summed E-state index contributed by atoms with van der Waals surface area (Å²) < 4.78 is 0. The minimum Gasteiger partial charge on any atom is -0.354 e. The molecule has 0 bridgehead atoms. The highest BCUT2D eigenvalue weighted by atomic mass is 16.2. The summed E-state index contributed by atoms with van der Waals surface area (Å²) >= 11 is 0. The van der Waals surface area contributed by atoms with Gasteiger partial charge in [-0.05, 0) is 18.9 Å². The first kappa shape index (κ1) is 13.3. The maximum atomic E-state index is 11.9. The lowest BCUT2D eigenvalue weighted by atomic mass is 10.2. The number of hydrazine groups is 1. The molecule has 2 rings (SSSR count). The maximum absolute atomic E-state index is 11.9. The Bertz CT molecular complexity index is 473. The molecular weight excluding hydrogens is 246 g/mol. The van der Waals surface area contributed by atoms with Crippen molar-refractivity contribution in [2.24, 2.45) is 11.8 Å². The summed E-state index contributed by atoms with van der Waals surface area (Å²) in [5.74, 6) is 5.30. The first-order valence-corrected chi connectivity index (χ1v) is 6.19. The third kappa shape index (κ3) is 3.65. The molecule has 2 amide bonds. The Hall–Kier alpha value is -2.15. The predicted octanol–water partition coefficient (Wildman–Crippen LogP) is -0.377. The van der Waals surface area contributed by atoms with Crippen LogP contribution < -0.4 is 21.9 Å². The maximum Gasteiger partial charge on any atom is 0.253 e. The van der Waals surface area contributed by atoms with Crippen LogP contribution in [0.4, 0.5) is 5.69 Å². The summed E-state index contributed by atoms with van der Waals surface area (Å²) in [6.07, 6.45) is 4.94. The van der Waals surface area contributed by atoms with E-state index in [-0.39, 0.29) is 17.7 Å². The quantitative estimate of drug-likeness (QED) is 0.318. The van der Waals surface area contributed by atoms with Gasteiger partial charge in [-0.25, -0.2) is 0 Å². The lowest BCUT2D eigenvalue weighted by Crippen LogP contribution is -2.35. The SMILES string of the molecule is NNc1cnccc1C(=O)NCCNC(=O)C1CC1. The van der Waals surface area contributed by atoms with E-state index in [0.29, 0.717) is 24.3 Å². The monoisotopic (exact) mass is 263 g/mol. The molecule has 1 aliphatic rings. The van der Waals surface area contributed by atoms with Crippen LogP contribution in [0.15, 0.2) is 18.5 Å². The number of aromatic nitrogens is 1. The van der Waals surface area contributed by atoms with Gasteiger partial charge in [0.05, 0.1) is 17.4 Å². The number of carbonyl (C=O) groups excluding carboxylic acids is 2. The number of pyridine rings is 1. The van der Waals surface area contributed by atoms with Gasteiger partial charge < -0.3 is 16.1 Å². The third-order valence-corrected chi connectivity index (χ3v) is 2.88. The first-order chi connectivity index (χ1) is 9.22. The van der Waals surface area contributed by atoms with Crippen LogP contribution >= 0.6 is 0 Å². The zero-order valence-electron chi connectivity index (χ0n) is 10.5. The van der Waals surface area contributed by atoms with Gasteiger partial charge >= 0.3 is 0 Å². The molecule has 0 saturated heterocycles. The topological polar surface area (TPSA) is 109 Å². The Morgan fingerprint density at radius 3 is 2.74 bits per heavy atom. The van der Waals surface area contributed by atoms with E-state index in [0.717, 1.165) is 12.8 Å². The standard InChI is InChI=1S/C12H17N5O2/c13-17-10-7-14-4-3-9(10)12(19)16-6-5-15-11(18)8-1-2-8/h3-4,7-8,17H,1-2,5-6,13H2,(H,15,18)(H,16,19). The number of nitrogens with zero attached hydrogens (tertiary/aromatic N) is 1. The fraction of sp³-hybridized carbons (Fsp3) is 0.417. The molecule has 1 aromatic heterocycles. The normalized spacial score (nSPS) is 13.7. The van der Waals surface area contributed by atoms with Gasteiger partial charge in [0.25, 0.3) is 5.91 Å². The molecule has 0 radical (unpaired) electrons. The number of nitrogen functional groups attached to an aromatic ring is 1. The molecule has 1 saturated carbocycles. The Balaban J connectivity index is 1.75. The summed E-state index contributed by atoms with van der Waals surface area (Å²) in [6.45, 7) is 0.807. The van der Waals surface area contributed by atoms with Crippen molar-refractivity contribution in [3.05, 3.63) is 24.0 Å². The Labute approximate surface area is 110 Å². The molecule has 7 heteroatoms. The lowest BCUT2D eigenvalue weighted by molar-refractivity contribution is -0.122. The van der Waals surface area contributed by atoms with Crippen molar-refractivity contribution in [1.82, 2.24) is 15.6 Å². The number of rotatable bonds is 6. The second kappa shape index (κ2) is 6.14. The van der Waals surface area contributed by atoms with Gasteiger partial charge in [-0.2, -0.15) is 0 Å². The van der Waals surface area contributed by atoms with Gasteiger partial charge in [0.1, 0.15) is 0 Å². The molecule has 102 valence electrons. The van der Waals surface area contributed by atoms with Crippen molar-refractivity contribution in [3.8, 4) is 0 Å². The van der Waals surface area contributed by atoms with E-state index in [1.54, 1.807) is 6.07 Å². The number of nitrogens with one attached hydrogen (secondary N) is 3. The molecule has 5 N–H and O–H groups in total. The second-order valence-corrected chi connectivity index (χ2v) is 4.39. The molecule has 7 nitrogen and oxygen atoms in total. The van der Waals surface area contributed by atoms with Crippen LogP contribution in [0.25, 0.3) is 0 Å². The van der Waals surface area contributed by atoms with Crippen molar-refractivity contribution >= 4 is 17.5 Å². The van der Waals surface area contributed by atoms with Crippen molar-refractivity contribution in [1.29, 1.82) is 0 Å². The van der Waals surface area contributed by atoms with Gasteiger partial charge in [-0.15, -0.1) is 0 Å². The van der Waals surface area contributed by atoms with E-state index in [4.69, 9.17) is 5.84 Å². The van der Waals surface area contributed by atoms with Gasteiger partial charge in [-0.1, -0.05) is 0 Å². The summed E-state index contributed by atoms with van der Waals surface area (Å²) in [6, 6.07) is 1.58. The van der Waals surface area contributed by atoms with Crippen LogP contribution in [0, 0.1) is 5.92 Å². The highest BCUT2D eigenvalue weighted by Crippen LogP contribution is 2.28. The molecule has 1 aromatic rings. The summed E-state index contributed by atoms with van der Waals surface area (Å²) in [4.78, 5) is 27.1. The summed E-state index contributed by atoms with van der Waals surface area (Å²) in [5, 5.41) is 5.49. The van der Waals surface area contributed by atoms with Gasteiger partial charge in [-0.3, -0.25) is 20.4 Å². The summed E-state index contributed by atoms with van der Waals surface area (Å²) in [7, 11) is 0. The van der Waals surface area contributed by atoms with Crippen LogP contribution in [0.1, 0.15) is 23.2 Å². The fourth-order valence-electron chi connectivity index (χ4n) is 1.65. The number of hydrogen-bond donors (Lipinski definition) is 4. The molecule has 19 heavy (non-hydrogen) atoms. The number of carbonyl (C=O) groups is 2. The van der Waals surface area contributed by atoms with Crippen molar-refractivity contribution < 1.29 is 9.59 Å². The van der Waals surface area contributed by atoms with Crippen LogP contribution in [0.5, 0.6) is 0 Å². The van der Waals surface area contributed by atoms with Crippen LogP contribution in [0.3, 0.4) is 0 Å². The summed E-state index contributed by atoms with van der Waals surface area (Å²) in [5.41, 5.74) is 3.30. The number of nitrogens with two attached hydrogens (primary N) is 1. The van der Waals surface area contributed by atoms with Crippen LogP contribution in [-0.2, 0) is 4.79 Å². The second-order valence-electron chi connectivity index (χ2n) is 4.39. The largest absolute Gasteiger partial charge is 0.354 e. The molecule has 0 aliphatic heterocycles. The van der Waals surface area contributed by atoms with E-state index in [2.05, 4.69) is 21.0 Å².